The van der Waals surface area contributed by atoms with E-state index < -0.39 is 4.92 Å². The molecule has 0 aromatic heterocycles. The molecule has 5 heteroatoms. The summed E-state index contributed by atoms with van der Waals surface area (Å²) in [6.07, 6.45) is 0.467. The summed E-state index contributed by atoms with van der Waals surface area (Å²) in [5.74, 6) is 0.223. The molecule has 1 N–H and O–H groups in total. The molecule has 0 fully saturated rings. The van der Waals surface area contributed by atoms with Gasteiger partial charge in [-0.3, -0.25) is 10.1 Å². The summed E-state index contributed by atoms with van der Waals surface area (Å²) in [6.45, 7) is 0.0148. The van der Waals surface area contributed by atoms with Crippen LogP contribution in [-0.4, -0.2) is 23.7 Å². The van der Waals surface area contributed by atoms with Crippen molar-refractivity contribution in [1.82, 2.24) is 0 Å². The lowest BCUT2D eigenvalue weighted by atomic mass is 10.1. The van der Waals surface area contributed by atoms with Gasteiger partial charge >= 0.3 is 5.69 Å². The average Bonchev–Trinajstić information content (AvgIpc) is 2.17. The Balaban J connectivity index is 3.05. The van der Waals surface area contributed by atoms with Gasteiger partial charge in [-0.05, 0) is 18.1 Å². The van der Waals surface area contributed by atoms with Gasteiger partial charge in [0, 0.05) is 12.7 Å². The maximum atomic E-state index is 10.5. The van der Waals surface area contributed by atoms with Crippen LogP contribution in [0.3, 0.4) is 0 Å². The molecule has 0 bridgehead atoms. The highest BCUT2D eigenvalue weighted by Crippen LogP contribution is 2.27. The van der Waals surface area contributed by atoms with Gasteiger partial charge in [0.1, 0.15) is 0 Å². The molecular weight excluding hydrogens is 186 g/mol. The van der Waals surface area contributed by atoms with Crippen molar-refractivity contribution in [2.24, 2.45) is 0 Å². The van der Waals surface area contributed by atoms with Crippen LogP contribution < -0.4 is 4.74 Å². The van der Waals surface area contributed by atoms with Gasteiger partial charge in [0.05, 0.1) is 12.0 Å². The van der Waals surface area contributed by atoms with Gasteiger partial charge in [0.15, 0.2) is 5.75 Å². The van der Waals surface area contributed by atoms with Crippen LogP contribution in [0.4, 0.5) is 5.69 Å². The van der Waals surface area contributed by atoms with Crippen LogP contribution >= 0.6 is 0 Å². The third-order valence-electron chi connectivity index (χ3n) is 1.84. The summed E-state index contributed by atoms with van der Waals surface area (Å²) < 4.78 is 4.87. The van der Waals surface area contributed by atoms with Crippen molar-refractivity contribution in [3.05, 3.63) is 33.9 Å². The molecule has 0 heterocycles. The number of aliphatic hydroxyl groups excluding tert-OH is 1. The number of hydrogen-bond acceptors (Lipinski definition) is 4. The Labute approximate surface area is 81.1 Å². The second-order valence-electron chi connectivity index (χ2n) is 2.74. The van der Waals surface area contributed by atoms with E-state index in [0.717, 1.165) is 5.56 Å². The summed E-state index contributed by atoms with van der Waals surface area (Å²) in [7, 11) is 1.38. The molecular formula is C9H11NO4. The third-order valence-corrected chi connectivity index (χ3v) is 1.84. The van der Waals surface area contributed by atoms with Crippen molar-refractivity contribution in [1.29, 1.82) is 0 Å². The summed E-state index contributed by atoms with van der Waals surface area (Å²) in [5.41, 5.74) is 0.754. The fourth-order valence-electron chi connectivity index (χ4n) is 1.16. The second-order valence-corrected chi connectivity index (χ2v) is 2.74. The van der Waals surface area contributed by atoms with Crippen LogP contribution in [0.15, 0.2) is 18.2 Å². The van der Waals surface area contributed by atoms with E-state index in [0.29, 0.717) is 6.42 Å². The Morgan fingerprint density at radius 1 is 1.57 bits per heavy atom. The van der Waals surface area contributed by atoms with Crippen molar-refractivity contribution in [3.8, 4) is 5.75 Å². The number of hydrogen-bond donors (Lipinski definition) is 1. The highest BCUT2D eigenvalue weighted by molar-refractivity contribution is 5.48. The quantitative estimate of drug-likeness (QED) is 0.580. The molecule has 1 aromatic carbocycles. The van der Waals surface area contributed by atoms with Crippen molar-refractivity contribution < 1.29 is 14.8 Å². The Kier molecular flexibility index (Phi) is 3.41. The SMILES string of the molecule is COc1cc(CCO)ccc1[N+](=O)[O-]. The first-order valence-electron chi connectivity index (χ1n) is 4.11. The molecule has 0 unspecified atom stereocenters. The van der Waals surface area contributed by atoms with Gasteiger partial charge in [-0.15, -0.1) is 0 Å². The minimum Gasteiger partial charge on any atom is -0.490 e. The number of nitro benzene ring substituents is 1. The standard InChI is InChI=1S/C9H11NO4/c1-14-9-6-7(4-5-11)2-3-8(9)10(12)13/h2-3,6,11H,4-5H2,1H3. The zero-order valence-corrected chi connectivity index (χ0v) is 7.77. The molecule has 0 spiro atoms. The van der Waals surface area contributed by atoms with E-state index in [4.69, 9.17) is 9.84 Å². The van der Waals surface area contributed by atoms with E-state index in [1.807, 2.05) is 0 Å². The van der Waals surface area contributed by atoms with Crippen molar-refractivity contribution in [2.75, 3.05) is 13.7 Å². The minimum atomic E-state index is -0.498. The second kappa shape index (κ2) is 4.57. The molecule has 1 rings (SSSR count). The van der Waals surface area contributed by atoms with E-state index >= 15 is 0 Å². The molecule has 0 aliphatic rings. The Hall–Kier alpha value is -1.62. The zero-order chi connectivity index (χ0) is 10.6. The summed E-state index contributed by atoms with van der Waals surface area (Å²) in [5, 5.41) is 19.2. The van der Waals surface area contributed by atoms with Gasteiger partial charge in [-0.25, -0.2) is 0 Å². The minimum absolute atomic E-state index is 0.0148. The molecule has 0 aliphatic heterocycles. The van der Waals surface area contributed by atoms with E-state index in [-0.39, 0.29) is 18.0 Å². The number of rotatable bonds is 4. The lowest BCUT2D eigenvalue weighted by molar-refractivity contribution is -0.385. The summed E-state index contributed by atoms with van der Waals surface area (Å²) in [4.78, 5) is 10.0. The monoisotopic (exact) mass is 197 g/mol. The number of benzene rings is 1. The predicted molar refractivity (Wildman–Crippen MR) is 50.4 cm³/mol. The van der Waals surface area contributed by atoms with Gasteiger partial charge in [-0.2, -0.15) is 0 Å². The molecule has 0 amide bonds. The third kappa shape index (κ3) is 2.20. The van der Waals surface area contributed by atoms with Gasteiger partial charge in [0.25, 0.3) is 0 Å². The van der Waals surface area contributed by atoms with Gasteiger partial charge in [0.2, 0.25) is 0 Å². The van der Waals surface area contributed by atoms with E-state index in [1.165, 1.54) is 13.2 Å². The first-order valence-corrected chi connectivity index (χ1v) is 4.11. The van der Waals surface area contributed by atoms with Crippen LogP contribution in [-0.2, 0) is 6.42 Å². The summed E-state index contributed by atoms with van der Waals surface area (Å²) >= 11 is 0. The van der Waals surface area contributed by atoms with Crippen LogP contribution in [0.25, 0.3) is 0 Å². The topological polar surface area (TPSA) is 72.6 Å². The van der Waals surface area contributed by atoms with Gasteiger partial charge < -0.3 is 9.84 Å². The molecule has 0 radical (unpaired) electrons. The van der Waals surface area contributed by atoms with Crippen molar-refractivity contribution >= 4 is 5.69 Å². The molecule has 1 aromatic rings. The van der Waals surface area contributed by atoms with Crippen LogP contribution in [0.2, 0.25) is 0 Å². The fourth-order valence-corrected chi connectivity index (χ4v) is 1.16. The van der Waals surface area contributed by atoms with Crippen molar-refractivity contribution in [2.45, 2.75) is 6.42 Å². The molecule has 0 atom stereocenters. The van der Waals surface area contributed by atoms with Crippen LogP contribution in [0.5, 0.6) is 5.75 Å². The molecule has 76 valence electrons. The highest BCUT2D eigenvalue weighted by atomic mass is 16.6. The predicted octanol–water partition coefficient (Wildman–Crippen LogP) is 1.14. The Morgan fingerprint density at radius 3 is 2.79 bits per heavy atom. The van der Waals surface area contributed by atoms with Crippen molar-refractivity contribution in [3.63, 3.8) is 0 Å². The maximum absolute atomic E-state index is 10.5. The molecule has 0 saturated carbocycles. The molecule has 5 nitrogen and oxygen atoms in total. The Morgan fingerprint density at radius 2 is 2.29 bits per heavy atom. The zero-order valence-electron chi connectivity index (χ0n) is 7.77. The number of ether oxygens (including phenoxy) is 1. The van der Waals surface area contributed by atoms with E-state index in [2.05, 4.69) is 0 Å². The smallest absolute Gasteiger partial charge is 0.310 e. The fraction of sp³-hybridized carbons (Fsp3) is 0.333. The first kappa shape index (κ1) is 10.5. The molecule has 0 saturated heterocycles. The lowest BCUT2D eigenvalue weighted by Crippen LogP contribution is -1.96. The number of nitro groups is 1. The van der Waals surface area contributed by atoms with Gasteiger partial charge in [-0.1, -0.05) is 6.07 Å². The largest absolute Gasteiger partial charge is 0.490 e. The number of methoxy groups -OCH3 is 1. The maximum Gasteiger partial charge on any atom is 0.310 e. The normalized spacial score (nSPS) is 9.86. The highest BCUT2D eigenvalue weighted by Gasteiger charge is 2.13. The van der Waals surface area contributed by atoms with Crippen LogP contribution in [0.1, 0.15) is 5.56 Å². The Bertz CT molecular complexity index is 338. The lowest BCUT2D eigenvalue weighted by Gasteiger charge is -2.03. The first-order chi connectivity index (χ1) is 6.69. The number of aliphatic hydroxyl groups is 1. The molecule has 0 aliphatic carbocycles. The van der Waals surface area contributed by atoms with E-state index in [9.17, 15) is 10.1 Å². The number of nitrogens with zero attached hydrogens (tertiary/aromatic N) is 1. The van der Waals surface area contributed by atoms with Crippen LogP contribution in [0, 0.1) is 10.1 Å². The summed E-state index contributed by atoms with van der Waals surface area (Å²) in [6, 6.07) is 4.55. The van der Waals surface area contributed by atoms with E-state index in [1.54, 1.807) is 12.1 Å². The molecule has 14 heavy (non-hydrogen) atoms. The average molecular weight is 197 g/mol.